The molecule has 0 unspecified atom stereocenters. The summed E-state index contributed by atoms with van der Waals surface area (Å²) in [5.41, 5.74) is 0. The van der Waals surface area contributed by atoms with Crippen molar-refractivity contribution in [3.63, 3.8) is 0 Å². The SMILES string of the molecule is CCOCC(=O)Nc1ccc(Sc2cccs2)cn1. The van der Waals surface area contributed by atoms with Gasteiger partial charge in [0.05, 0.1) is 4.21 Å². The number of thiophene rings is 1. The summed E-state index contributed by atoms with van der Waals surface area (Å²) < 4.78 is 6.24. The van der Waals surface area contributed by atoms with Crippen molar-refractivity contribution in [1.82, 2.24) is 4.98 Å². The van der Waals surface area contributed by atoms with Gasteiger partial charge in [-0.3, -0.25) is 4.79 Å². The molecule has 19 heavy (non-hydrogen) atoms. The van der Waals surface area contributed by atoms with E-state index >= 15 is 0 Å². The molecule has 0 radical (unpaired) electrons. The molecule has 0 aliphatic rings. The molecule has 0 fully saturated rings. The molecule has 1 amide bonds. The number of amides is 1. The number of ether oxygens (including phenoxy) is 1. The summed E-state index contributed by atoms with van der Waals surface area (Å²) in [6, 6.07) is 7.81. The van der Waals surface area contributed by atoms with Gasteiger partial charge in [0.15, 0.2) is 0 Å². The van der Waals surface area contributed by atoms with Gasteiger partial charge in [-0.05, 0) is 30.5 Å². The second kappa shape index (κ2) is 7.28. The molecule has 0 saturated heterocycles. The summed E-state index contributed by atoms with van der Waals surface area (Å²) in [5.74, 6) is 0.355. The molecule has 6 heteroatoms. The molecular formula is C13H14N2O2S2. The van der Waals surface area contributed by atoms with E-state index in [1.165, 1.54) is 4.21 Å². The molecular weight excluding hydrogens is 280 g/mol. The lowest BCUT2D eigenvalue weighted by molar-refractivity contribution is -0.120. The first-order chi connectivity index (χ1) is 9.28. The van der Waals surface area contributed by atoms with Crippen LogP contribution in [0.3, 0.4) is 0 Å². The van der Waals surface area contributed by atoms with Crippen molar-refractivity contribution < 1.29 is 9.53 Å². The maximum Gasteiger partial charge on any atom is 0.251 e. The van der Waals surface area contributed by atoms with E-state index < -0.39 is 0 Å². The topological polar surface area (TPSA) is 51.2 Å². The first-order valence-corrected chi connectivity index (χ1v) is 7.52. The highest BCUT2D eigenvalue weighted by atomic mass is 32.2. The number of hydrogen-bond donors (Lipinski definition) is 1. The van der Waals surface area contributed by atoms with E-state index in [4.69, 9.17) is 4.74 Å². The van der Waals surface area contributed by atoms with Gasteiger partial charge in [-0.15, -0.1) is 11.3 Å². The number of nitrogens with zero attached hydrogens (tertiary/aromatic N) is 1. The maximum absolute atomic E-state index is 11.4. The zero-order chi connectivity index (χ0) is 13.5. The molecule has 0 aromatic carbocycles. The number of aromatic nitrogens is 1. The van der Waals surface area contributed by atoms with Crippen molar-refractivity contribution in [2.45, 2.75) is 16.0 Å². The van der Waals surface area contributed by atoms with E-state index in [0.29, 0.717) is 12.4 Å². The number of anilines is 1. The molecule has 4 nitrogen and oxygen atoms in total. The largest absolute Gasteiger partial charge is 0.372 e. The van der Waals surface area contributed by atoms with Crippen LogP contribution in [0.2, 0.25) is 0 Å². The van der Waals surface area contributed by atoms with E-state index in [1.807, 2.05) is 24.4 Å². The highest BCUT2D eigenvalue weighted by Gasteiger charge is 2.04. The molecule has 2 aromatic heterocycles. The molecule has 0 saturated carbocycles. The third kappa shape index (κ3) is 4.66. The summed E-state index contributed by atoms with van der Waals surface area (Å²) >= 11 is 3.34. The minimum Gasteiger partial charge on any atom is -0.372 e. The number of pyridine rings is 1. The summed E-state index contributed by atoms with van der Waals surface area (Å²) in [5, 5.41) is 4.72. The van der Waals surface area contributed by atoms with E-state index in [2.05, 4.69) is 16.4 Å². The summed E-state index contributed by atoms with van der Waals surface area (Å²) in [4.78, 5) is 16.7. The Labute approximate surface area is 120 Å². The minimum atomic E-state index is -0.187. The van der Waals surface area contributed by atoms with Crippen molar-refractivity contribution in [3.05, 3.63) is 35.8 Å². The molecule has 2 heterocycles. The van der Waals surface area contributed by atoms with Crippen LogP contribution >= 0.6 is 23.1 Å². The number of hydrogen-bond acceptors (Lipinski definition) is 5. The Bertz CT molecular complexity index is 512. The second-order valence-corrected chi connectivity index (χ2v) is 5.92. The average Bonchev–Trinajstić information content (AvgIpc) is 2.91. The van der Waals surface area contributed by atoms with Gasteiger partial charge in [0.1, 0.15) is 12.4 Å². The van der Waals surface area contributed by atoms with Crippen molar-refractivity contribution in [2.75, 3.05) is 18.5 Å². The molecule has 0 atom stereocenters. The lowest BCUT2D eigenvalue weighted by Crippen LogP contribution is -2.18. The number of nitrogens with one attached hydrogen (secondary N) is 1. The Morgan fingerprint density at radius 1 is 1.47 bits per heavy atom. The zero-order valence-electron chi connectivity index (χ0n) is 10.5. The monoisotopic (exact) mass is 294 g/mol. The highest BCUT2D eigenvalue weighted by molar-refractivity contribution is 8.01. The van der Waals surface area contributed by atoms with Crippen molar-refractivity contribution in [2.24, 2.45) is 0 Å². The lowest BCUT2D eigenvalue weighted by Gasteiger charge is -2.05. The summed E-state index contributed by atoms with van der Waals surface area (Å²) in [6.07, 6.45) is 1.75. The Hall–Kier alpha value is -1.37. The van der Waals surface area contributed by atoms with E-state index in [1.54, 1.807) is 35.4 Å². The van der Waals surface area contributed by atoms with Gasteiger partial charge in [-0.2, -0.15) is 0 Å². The lowest BCUT2D eigenvalue weighted by atomic mass is 10.4. The Kier molecular flexibility index (Phi) is 5.38. The fraction of sp³-hybridized carbons (Fsp3) is 0.231. The molecule has 100 valence electrons. The van der Waals surface area contributed by atoms with E-state index in [0.717, 1.165) is 4.90 Å². The van der Waals surface area contributed by atoms with Crippen LogP contribution in [0.15, 0.2) is 44.9 Å². The minimum absolute atomic E-state index is 0.0594. The number of rotatable bonds is 6. The predicted molar refractivity (Wildman–Crippen MR) is 77.8 cm³/mol. The van der Waals surface area contributed by atoms with Crippen molar-refractivity contribution in [1.29, 1.82) is 0 Å². The quantitative estimate of drug-likeness (QED) is 0.888. The fourth-order valence-corrected chi connectivity index (χ4v) is 3.04. The smallest absolute Gasteiger partial charge is 0.251 e. The van der Waals surface area contributed by atoms with Crippen LogP contribution in [0.25, 0.3) is 0 Å². The fourth-order valence-electron chi connectivity index (χ4n) is 1.33. The molecule has 2 rings (SSSR count). The van der Waals surface area contributed by atoms with Crippen LogP contribution in [0, 0.1) is 0 Å². The summed E-state index contributed by atoms with van der Waals surface area (Å²) in [7, 11) is 0. The van der Waals surface area contributed by atoms with Crippen molar-refractivity contribution in [3.8, 4) is 0 Å². The highest BCUT2D eigenvalue weighted by Crippen LogP contribution is 2.30. The molecule has 0 aliphatic heterocycles. The second-order valence-electron chi connectivity index (χ2n) is 3.60. The zero-order valence-corrected chi connectivity index (χ0v) is 12.1. The van der Waals surface area contributed by atoms with Gasteiger partial charge >= 0.3 is 0 Å². The van der Waals surface area contributed by atoms with Crippen LogP contribution in [-0.2, 0) is 9.53 Å². The Morgan fingerprint density at radius 2 is 2.37 bits per heavy atom. The van der Waals surface area contributed by atoms with E-state index in [9.17, 15) is 4.79 Å². The summed E-state index contributed by atoms with van der Waals surface area (Å²) in [6.45, 7) is 2.43. The van der Waals surface area contributed by atoms with Crippen LogP contribution in [0.4, 0.5) is 5.82 Å². The molecule has 2 aromatic rings. The van der Waals surface area contributed by atoms with Crippen LogP contribution < -0.4 is 5.32 Å². The van der Waals surface area contributed by atoms with Gasteiger partial charge in [-0.25, -0.2) is 4.98 Å². The van der Waals surface area contributed by atoms with Gasteiger partial charge in [-0.1, -0.05) is 17.8 Å². The third-order valence-electron chi connectivity index (χ3n) is 2.15. The van der Waals surface area contributed by atoms with Crippen LogP contribution in [0.5, 0.6) is 0 Å². The number of carbonyl (C=O) groups is 1. The Morgan fingerprint density at radius 3 is 3.00 bits per heavy atom. The van der Waals surface area contributed by atoms with Crippen molar-refractivity contribution >= 4 is 34.8 Å². The van der Waals surface area contributed by atoms with Gasteiger partial charge < -0.3 is 10.1 Å². The Balaban J connectivity index is 1.89. The maximum atomic E-state index is 11.4. The van der Waals surface area contributed by atoms with Gasteiger partial charge in [0, 0.05) is 17.7 Å². The van der Waals surface area contributed by atoms with Crippen LogP contribution in [0.1, 0.15) is 6.92 Å². The normalized spacial score (nSPS) is 10.4. The first kappa shape index (κ1) is 14.0. The van der Waals surface area contributed by atoms with Gasteiger partial charge in [0.2, 0.25) is 0 Å². The van der Waals surface area contributed by atoms with E-state index in [-0.39, 0.29) is 12.5 Å². The van der Waals surface area contributed by atoms with Gasteiger partial charge in [0.25, 0.3) is 5.91 Å². The third-order valence-corrected chi connectivity index (χ3v) is 4.17. The number of carbonyl (C=O) groups excluding carboxylic acids is 1. The molecule has 0 spiro atoms. The predicted octanol–water partition coefficient (Wildman–Crippen LogP) is 3.27. The molecule has 0 aliphatic carbocycles. The molecule has 0 bridgehead atoms. The van der Waals surface area contributed by atoms with Crippen LogP contribution in [-0.4, -0.2) is 24.1 Å². The first-order valence-electron chi connectivity index (χ1n) is 5.83. The molecule has 1 N–H and O–H groups in total. The standard InChI is InChI=1S/C13H14N2O2S2/c1-2-17-9-12(16)15-11-6-5-10(8-14-11)19-13-4-3-7-18-13/h3-8H,2,9H2,1H3,(H,14,15,16). The average molecular weight is 294 g/mol.